The largest absolute Gasteiger partial charge is 0.493 e. The maximum atomic E-state index is 12.2. The van der Waals surface area contributed by atoms with E-state index < -0.39 is 21.8 Å². The first kappa shape index (κ1) is 17.6. The van der Waals surface area contributed by atoms with Crippen LogP contribution < -0.4 is 14.2 Å². The number of hydrogen-bond acceptors (Lipinski definition) is 6. The molecule has 0 aliphatic rings. The lowest BCUT2D eigenvalue weighted by Crippen LogP contribution is -2.35. The Labute approximate surface area is 129 Å². The van der Waals surface area contributed by atoms with Crippen LogP contribution in [-0.2, 0) is 14.8 Å². The molecule has 0 aliphatic heterocycles. The Hall–Kier alpha value is -1.41. The maximum Gasteiger partial charge on any atom is 0.264 e. The van der Waals surface area contributed by atoms with Gasteiger partial charge >= 0.3 is 0 Å². The number of amides is 1. The quantitative estimate of drug-likeness (QED) is 0.814. The predicted octanol–water partition coefficient (Wildman–Crippen LogP) is 1.51. The van der Waals surface area contributed by atoms with Crippen molar-refractivity contribution in [1.29, 1.82) is 0 Å². The van der Waals surface area contributed by atoms with Crippen LogP contribution in [0.2, 0.25) is 0 Å². The van der Waals surface area contributed by atoms with Crippen LogP contribution in [0.5, 0.6) is 11.5 Å². The number of ether oxygens (including phenoxy) is 2. The van der Waals surface area contributed by atoms with Crippen LogP contribution >= 0.6 is 11.8 Å². The number of benzene rings is 1. The minimum absolute atomic E-state index is 0.0511. The van der Waals surface area contributed by atoms with Gasteiger partial charge in [-0.05, 0) is 18.4 Å². The van der Waals surface area contributed by atoms with Crippen LogP contribution in [-0.4, -0.2) is 40.6 Å². The molecule has 1 aromatic carbocycles. The second-order valence-electron chi connectivity index (χ2n) is 4.34. The molecule has 1 rings (SSSR count). The Morgan fingerprint density at radius 2 is 1.90 bits per heavy atom. The third kappa shape index (κ3) is 4.53. The van der Waals surface area contributed by atoms with E-state index in [0.29, 0.717) is 11.5 Å². The maximum absolute atomic E-state index is 12.2. The number of methoxy groups -OCH3 is 2. The predicted molar refractivity (Wildman–Crippen MR) is 82.4 cm³/mol. The van der Waals surface area contributed by atoms with E-state index in [1.54, 1.807) is 6.92 Å². The van der Waals surface area contributed by atoms with E-state index in [2.05, 4.69) is 4.72 Å². The van der Waals surface area contributed by atoms with Gasteiger partial charge in [0.05, 0.1) is 19.1 Å². The van der Waals surface area contributed by atoms with Crippen LogP contribution in [0.15, 0.2) is 23.1 Å². The molecule has 0 unspecified atom stereocenters. The molecular weight excluding hydrogens is 314 g/mol. The van der Waals surface area contributed by atoms with Gasteiger partial charge in [0.1, 0.15) is 0 Å². The summed E-state index contributed by atoms with van der Waals surface area (Å²) in [6.07, 6.45) is 1.85. The molecule has 0 aromatic heterocycles. The average Bonchev–Trinajstić information content (AvgIpc) is 2.46. The lowest BCUT2D eigenvalue weighted by Gasteiger charge is -2.13. The summed E-state index contributed by atoms with van der Waals surface area (Å²) >= 11 is 1.48. The summed E-state index contributed by atoms with van der Waals surface area (Å²) in [5.74, 6) is 0.324. The van der Waals surface area contributed by atoms with Crippen molar-refractivity contribution in [3.63, 3.8) is 0 Å². The molecule has 0 aliphatic carbocycles. The van der Waals surface area contributed by atoms with Gasteiger partial charge in [-0.3, -0.25) is 4.79 Å². The number of thioether (sulfide) groups is 1. The van der Waals surface area contributed by atoms with Gasteiger partial charge in [-0.25, -0.2) is 13.1 Å². The van der Waals surface area contributed by atoms with Gasteiger partial charge in [0.2, 0.25) is 5.91 Å². The highest BCUT2D eigenvalue weighted by Crippen LogP contribution is 2.29. The highest BCUT2D eigenvalue weighted by Gasteiger charge is 2.22. The van der Waals surface area contributed by atoms with Gasteiger partial charge in [-0.1, -0.05) is 6.92 Å². The fourth-order valence-electron chi connectivity index (χ4n) is 1.60. The zero-order chi connectivity index (χ0) is 16.0. The fraction of sp³-hybridized carbons (Fsp3) is 0.462. The van der Waals surface area contributed by atoms with E-state index in [0.717, 1.165) is 0 Å². The number of sulfonamides is 1. The summed E-state index contributed by atoms with van der Waals surface area (Å²) < 4.78 is 36.5. The zero-order valence-electron chi connectivity index (χ0n) is 12.4. The molecule has 0 fully saturated rings. The summed E-state index contributed by atoms with van der Waals surface area (Å²) in [7, 11) is -1.06. The van der Waals surface area contributed by atoms with Gasteiger partial charge in [-0.2, -0.15) is 11.8 Å². The number of nitrogens with one attached hydrogen (secondary N) is 1. The van der Waals surface area contributed by atoms with Crippen molar-refractivity contribution in [1.82, 2.24) is 4.72 Å². The summed E-state index contributed by atoms with van der Waals surface area (Å²) in [4.78, 5) is 11.8. The third-order valence-corrected chi connectivity index (χ3v) is 4.94. The monoisotopic (exact) mass is 333 g/mol. The van der Waals surface area contributed by atoms with E-state index in [-0.39, 0.29) is 10.6 Å². The molecule has 0 spiro atoms. The molecule has 118 valence electrons. The van der Waals surface area contributed by atoms with Crippen molar-refractivity contribution in [2.75, 3.05) is 26.2 Å². The zero-order valence-corrected chi connectivity index (χ0v) is 14.0. The Morgan fingerprint density at radius 3 is 2.43 bits per heavy atom. The molecule has 1 N–H and O–H groups in total. The molecule has 21 heavy (non-hydrogen) atoms. The van der Waals surface area contributed by atoms with Crippen molar-refractivity contribution in [2.24, 2.45) is 5.92 Å². The molecule has 6 nitrogen and oxygen atoms in total. The van der Waals surface area contributed by atoms with Crippen molar-refractivity contribution >= 4 is 27.7 Å². The van der Waals surface area contributed by atoms with E-state index in [1.807, 2.05) is 6.26 Å². The molecule has 0 bridgehead atoms. The topological polar surface area (TPSA) is 81.7 Å². The van der Waals surface area contributed by atoms with Crippen LogP contribution in [0.4, 0.5) is 0 Å². The van der Waals surface area contributed by atoms with Crippen molar-refractivity contribution in [3.8, 4) is 11.5 Å². The van der Waals surface area contributed by atoms with Crippen molar-refractivity contribution < 1.29 is 22.7 Å². The first-order chi connectivity index (χ1) is 9.85. The number of hydrogen-bond donors (Lipinski definition) is 1. The lowest BCUT2D eigenvalue weighted by molar-refractivity contribution is -0.122. The molecule has 1 amide bonds. The molecule has 0 heterocycles. The molecule has 0 radical (unpaired) electrons. The molecule has 1 aromatic rings. The van der Waals surface area contributed by atoms with Crippen LogP contribution in [0.1, 0.15) is 6.92 Å². The molecule has 1 atom stereocenters. The molecule has 8 heteroatoms. The third-order valence-electron chi connectivity index (χ3n) is 2.76. The smallest absolute Gasteiger partial charge is 0.264 e. The number of carbonyl (C=O) groups is 1. The Balaban J connectivity index is 3.00. The Kier molecular flexibility index (Phi) is 6.35. The van der Waals surface area contributed by atoms with Gasteiger partial charge in [-0.15, -0.1) is 0 Å². The van der Waals surface area contributed by atoms with Gasteiger partial charge in [0.25, 0.3) is 10.0 Å². The normalized spacial score (nSPS) is 12.6. The molecule has 0 saturated carbocycles. The molecular formula is C13H19NO5S2. The van der Waals surface area contributed by atoms with Crippen LogP contribution in [0, 0.1) is 5.92 Å². The standard InChI is InChI=1S/C13H19NO5S2/c1-9(8-20-4)13(15)14-21(16,17)10-5-6-11(18-2)12(7-10)19-3/h5-7,9H,8H2,1-4H3,(H,14,15)/t9-/m0/s1. The average molecular weight is 333 g/mol. The minimum Gasteiger partial charge on any atom is -0.493 e. The first-order valence-corrected chi connectivity index (χ1v) is 9.01. The summed E-state index contributed by atoms with van der Waals surface area (Å²) in [6, 6.07) is 4.15. The fourth-order valence-corrected chi connectivity index (χ4v) is 3.35. The second kappa shape index (κ2) is 7.56. The van der Waals surface area contributed by atoms with E-state index in [9.17, 15) is 13.2 Å². The summed E-state index contributed by atoms with van der Waals surface area (Å²) in [5, 5.41) is 0. The van der Waals surface area contributed by atoms with Crippen LogP contribution in [0.25, 0.3) is 0 Å². The number of rotatable bonds is 7. The van der Waals surface area contributed by atoms with Gasteiger partial charge in [0, 0.05) is 17.7 Å². The highest BCUT2D eigenvalue weighted by atomic mass is 32.2. The first-order valence-electron chi connectivity index (χ1n) is 6.13. The number of carbonyl (C=O) groups excluding carboxylic acids is 1. The van der Waals surface area contributed by atoms with E-state index in [4.69, 9.17) is 9.47 Å². The Morgan fingerprint density at radius 1 is 1.29 bits per heavy atom. The Bertz CT molecular complexity index is 601. The summed E-state index contributed by atoms with van der Waals surface area (Å²) in [5.41, 5.74) is 0. The van der Waals surface area contributed by atoms with E-state index in [1.165, 1.54) is 44.2 Å². The van der Waals surface area contributed by atoms with Crippen molar-refractivity contribution in [2.45, 2.75) is 11.8 Å². The summed E-state index contributed by atoms with van der Waals surface area (Å²) in [6.45, 7) is 1.68. The van der Waals surface area contributed by atoms with Gasteiger partial charge in [0.15, 0.2) is 11.5 Å². The molecule has 0 saturated heterocycles. The van der Waals surface area contributed by atoms with Crippen LogP contribution in [0.3, 0.4) is 0 Å². The van der Waals surface area contributed by atoms with Gasteiger partial charge < -0.3 is 9.47 Å². The minimum atomic E-state index is -3.92. The van der Waals surface area contributed by atoms with E-state index >= 15 is 0 Å². The SMILES string of the molecule is COc1ccc(S(=O)(=O)NC(=O)[C@@H](C)CSC)cc1OC. The highest BCUT2D eigenvalue weighted by molar-refractivity contribution is 7.98. The van der Waals surface area contributed by atoms with Crippen molar-refractivity contribution in [3.05, 3.63) is 18.2 Å². The lowest BCUT2D eigenvalue weighted by atomic mass is 10.2. The second-order valence-corrected chi connectivity index (χ2v) is 6.94.